The highest BCUT2D eigenvalue weighted by Gasteiger charge is 2.30. The van der Waals surface area contributed by atoms with Crippen molar-refractivity contribution in [2.45, 2.75) is 50.7 Å². The topological polar surface area (TPSA) is 58.0 Å². The van der Waals surface area contributed by atoms with Crippen molar-refractivity contribution in [2.75, 3.05) is 7.05 Å². The molecule has 2 aliphatic rings. The van der Waals surface area contributed by atoms with Crippen molar-refractivity contribution in [3.63, 3.8) is 0 Å². The van der Waals surface area contributed by atoms with Crippen LogP contribution in [-0.4, -0.2) is 22.1 Å². The first-order chi connectivity index (χ1) is 8.29. The monoisotopic (exact) mass is 233 g/mol. The Balaban J connectivity index is 2.05. The predicted molar refractivity (Wildman–Crippen MR) is 64.7 cm³/mol. The Morgan fingerprint density at radius 3 is 2.82 bits per heavy atom. The number of nitrogens with one attached hydrogen (secondary N) is 1. The number of fused-ring (bicyclic) bond motifs is 1. The van der Waals surface area contributed by atoms with Gasteiger partial charge in [-0.25, -0.2) is 9.97 Å². The summed E-state index contributed by atoms with van der Waals surface area (Å²) in [5, 5.41) is 13.2. The van der Waals surface area contributed by atoms with Crippen LogP contribution < -0.4 is 5.32 Å². The van der Waals surface area contributed by atoms with Gasteiger partial charge in [-0.2, -0.15) is 0 Å². The molecule has 2 aliphatic carbocycles. The van der Waals surface area contributed by atoms with E-state index in [9.17, 15) is 5.11 Å². The molecule has 92 valence electrons. The molecule has 17 heavy (non-hydrogen) atoms. The van der Waals surface area contributed by atoms with Gasteiger partial charge in [-0.05, 0) is 39.2 Å². The molecule has 1 heterocycles. The molecule has 0 bridgehead atoms. The van der Waals surface area contributed by atoms with Crippen LogP contribution in [0.15, 0.2) is 0 Å². The van der Waals surface area contributed by atoms with Gasteiger partial charge in [0.15, 0.2) is 0 Å². The zero-order valence-electron chi connectivity index (χ0n) is 10.2. The van der Waals surface area contributed by atoms with E-state index in [1.54, 1.807) is 0 Å². The number of nitrogens with zero attached hydrogens (tertiary/aromatic N) is 2. The van der Waals surface area contributed by atoms with E-state index < -0.39 is 0 Å². The van der Waals surface area contributed by atoms with Crippen LogP contribution in [0.3, 0.4) is 0 Å². The summed E-state index contributed by atoms with van der Waals surface area (Å²) < 4.78 is 0. The number of aromatic nitrogens is 2. The Bertz CT molecular complexity index is 429. The largest absolute Gasteiger partial charge is 0.388 e. The molecular formula is C13H19N3O. The normalized spacial score (nSPS) is 23.5. The van der Waals surface area contributed by atoms with Crippen molar-refractivity contribution in [1.82, 2.24) is 15.3 Å². The van der Waals surface area contributed by atoms with Crippen molar-refractivity contribution < 1.29 is 5.11 Å². The highest BCUT2D eigenvalue weighted by atomic mass is 16.3. The van der Waals surface area contributed by atoms with Crippen LogP contribution in [0.4, 0.5) is 0 Å². The average Bonchev–Trinajstić information content (AvgIpc) is 3.13. The third-order valence-corrected chi connectivity index (χ3v) is 3.63. The lowest BCUT2D eigenvalue weighted by Crippen LogP contribution is -2.20. The molecule has 2 N–H and O–H groups in total. The summed E-state index contributed by atoms with van der Waals surface area (Å²) in [5.74, 6) is 1.58. The van der Waals surface area contributed by atoms with E-state index in [2.05, 4.69) is 15.3 Å². The highest BCUT2D eigenvalue weighted by Crippen LogP contribution is 2.40. The van der Waals surface area contributed by atoms with Gasteiger partial charge in [0.1, 0.15) is 5.82 Å². The maximum Gasteiger partial charge on any atom is 0.132 e. The molecule has 0 spiro atoms. The number of aryl methyl sites for hydroxylation is 1. The van der Waals surface area contributed by atoms with E-state index in [-0.39, 0.29) is 6.10 Å². The molecule has 4 nitrogen and oxygen atoms in total. The minimum Gasteiger partial charge on any atom is -0.388 e. The summed E-state index contributed by atoms with van der Waals surface area (Å²) in [6, 6.07) is 0. The molecule has 0 amide bonds. The minimum absolute atomic E-state index is 0.365. The van der Waals surface area contributed by atoms with Crippen LogP contribution in [0, 0.1) is 0 Å². The van der Waals surface area contributed by atoms with Gasteiger partial charge in [0.05, 0.1) is 17.5 Å². The lowest BCUT2D eigenvalue weighted by Gasteiger charge is -2.23. The Hall–Kier alpha value is -1.00. The molecule has 0 radical (unpaired) electrons. The van der Waals surface area contributed by atoms with E-state index in [0.717, 1.165) is 48.6 Å². The molecule has 1 saturated carbocycles. The summed E-state index contributed by atoms with van der Waals surface area (Å²) in [6.45, 7) is 0.724. The second-order valence-electron chi connectivity index (χ2n) is 5.10. The fourth-order valence-corrected chi connectivity index (χ4v) is 2.60. The van der Waals surface area contributed by atoms with Crippen molar-refractivity contribution in [1.29, 1.82) is 0 Å². The number of aliphatic hydroxyl groups excluding tert-OH is 1. The summed E-state index contributed by atoms with van der Waals surface area (Å²) in [4.78, 5) is 9.32. The van der Waals surface area contributed by atoms with Crippen LogP contribution in [0.2, 0.25) is 0 Å². The van der Waals surface area contributed by atoms with Crippen molar-refractivity contribution in [3.05, 3.63) is 22.8 Å². The first kappa shape index (κ1) is 11.1. The Kier molecular flexibility index (Phi) is 2.84. The average molecular weight is 233 g/mol. The number of aliphatic hydroxyl groups is 1. The predicted octanol–water partition coefficient (Wildman–Crippen LogP) is 1.44. The Morgan fingerprint density at radius 1 is 1.29 bits per heavy atom. The van der Waals surface area contributed by atoms with Crippen molar-refractivity contribution in [2.24, 2.45) is 0 Å². The molecule has 1 aromatic heterocycles. The number of hydrogen-bond donors (Lipinski definition) is 2. The van der Waals surface area contributed by atoms with Gasteiger partial charge in [0.2, 0.25) is 0 Å². The second-order valence-corrected chi connectivity index (χ2v) is 5.10. The van der Waals surface area contributed by atoms with Crippen molar-refractivity contribution in [3.8, 4) is 0 Å². The van der Waals surface area contributed by atoms with Gasteiger partial charge < -0.3 is 10.4 Å². The van der Waals surface area contributed by atoms with Crippen LogP contribution in [0.5, 0.6) is 0 Å². The summed E-state index contributed by atoms with van der Waals surface area (Å²) in [7, 11) is 1.92. The first-order valence-electron chi connectivity index (χ1n) is 6.52. The molecule has 4 heteroatoms. The van der Waals surface area contributed by atoms with Crippen LogP contribution in [0.1, 0.15) is 60.5 Å². The van der Waals surface area contributed by atoms with Gasteiger partial charge >= 0.3 is 0 Å². The molecule has 0 saturated heterocycles. The van der Waals surface area contributed by atoms with Crippen LogP contribution in [0.25, 0.3) is 0 Å². The molecule has 0 aliphatic heterocycles. The second kappa shape index (κ2) is 4.35. The summed E-state index contributed by atoms with van der Waals surface area (Å²) in [5.41, 5.74) is 3.09. The third kappa shape index (κ3) is 2.07. The minimum atomic E-state index is -0.365. The SMILES string of the molecule is CNCc1nc(C2CC2)nc2c1C(O)CCC2. The van der Waals surface area contributed by atoms with Crippen LogP contribution in [-0.2, 0) is 13.0 Å². The maximum absolute atomic E-state index is 10.1. The van der Waals surface area contributed by atoms with Crippen LogP contribution >= 0.6 is 0 Å². The maximum atomic E-state index is 10.1. The summed E-state index contributed by atoms with van der Waals surface area (Å²) in [6.07, 6.45) is 4.95. The lowest BCUT2D eigenvalue weighted by molar-refractivity contribution is 0.153. The quantitative estimate of drug-likeness (QED) is 0.829. The summed E-state index contributed by atoms with van der Waals surface area (Å²) >= 11 is 0. The number of hydrogen-bond acceptors (Lipinski definition) is 4. The van der Waals surface area contributed by atoms with Crippen molar-refractivity contribution >= 4 is 0 Å². The lowest BCUT2D eigenvalue weighted by atomic mass is 9.91. The first-order valence-corrected chi connectivity index (χ1v) is 6.52. The molecule has 1 atom stereocenters. The molecule has 3 rings (SSSR count). The molecule has 1 unspecified atom stereocenters. The fourth-order valence-electron chi connectivity index (χ4n) is 2.60. The van der Waals surface area contributed by atoms with Gasteiger partial charge in [-0.1, -0.05) is 0 Å². The smallest absolute Gasteiger partial charge is 0.132 e. The standard InChI is InChI=1S/C13H19N3O/c1-14-7-10-12-9(3-2-4-11(12)17)15-13(16-10)8-5-6-8/h8,11,14,17H,2-7H2,1H3. The number of rotatable bonds is 3. The third-order valence-electron chi connectivity index (χ3n) is 3.63. The van der Waals surface area contributed by atoms with E-state index >= 15 is 0 Å². The molecular weight excluding hydrogens is 214 g/mol. The van der Waals surface area contributed by atoms with Gasteiger partial charge in [-0.15, -0.1) is 0 Å². The van der Waals surface area contributed by atoms with E-state index in [4.69, 9.17) is 0 Å². The highest BCUT2D eigenvalue weighted by molar-refractivity contribution is 5.31. The molecule has 1 aromatic rings. The van der Waals surface area contributed by atoms with E-state index in [1.165, 1.54) is 12.8 Å². The zero-order chi connectivity index (χ0) is 11.8. The van der Waals surface area contributed by atoms with E-state index in [1.807, 2.05) is 7.05 Å². The van der Waals surface area contributed by atoms with Gasteiger partial charge in [0.25, 0.3) is 0 Å². The Morgan fingerprint density at radius 2 is 2.12 bits per heavy atom. The van der Waals surface area contributed by atoms with Gasteiger partial charge in [0, 0.05) is 18.0 Å². The van der Waals surface area contributed by atoms with E-state index in [0.29, 0.717) is 5.92 Å². The molecule has 1 fully saturated rings. The molecule has 0 aromatic carbocycles. The zero-order valence-corrected chi connectivity index (χ0v) is 10.2. The fraction of sp³-hybridized carbons (Fsp3) is 0.692. The van der Waals surface area contributed by atoms with Gasteiger partial charge in [-0.3, -0.25) is 0 Å². The Labute approximate surface area is 101 Å².